The molecule has 0 bridgehead atoms. The van der Waals surface area contributed by atoms with Crippen LogP contribution in [0.4, 0.5) is 8.78 Å². The van der Waals surface area contributed by atoms with E-state index in [4.69, 9.17) is 17.3 Å². The van der Waals surface area contributed by atoms with Crippen molar-refractivity contribution in [3.8, 4) is 0 Å². The van der Waals surface area contributed by atoms with Crippen LogP contribution in [-0.2, 0) is 11.3 Å². The van der Waals surface area contributed by atoms with Gasteiger partial charge in [0.05, 0.1) is 0 Å². The van der Waals surface area contributed by atoms with Crippen molar-refractivity contribution < 1.29 is 8.78 Å². The fourth-order valence-corrected chi connectivity index (χ4v) is 3.23. The third kappa shape index (κ3) is 2.39. The average molecular weight is 274 g/mol. The first-order valence-corrected chi connectivity index (χ1v) is 6.65. The SMILES string of the molecule is CC(F)(F)c1ccc(C2(CN)CCCC2)c(Cl)c1. The molecule has 0 radical (unpaired) electrons. The van der Waals surface area contributed by atoms with Gasteiger partial charge in [-0.05, 0) is 24.5 Å². The summed E-state index contributed by atoms with van der Waals surface area (Å²) < 4.78 is 26.5. The van der Waals surface area contributed by atoms with Crippen molar-refractivity contribution in [1.82, 2.24) is 0 Å². The number of nitrogens with two attached hydrogens (primary N) is 1. The second-order valence-corrected chi connectivity index (χ2v) is 5.68. The van der Waals surface area contributed by atoms with Gasteiger partial charge in [0, 0.05) is 29.5 Å². The second kappa shape index (κ2) is 4.78. The zero-order valence-electron chi connectivity index (χ0n) is 10.5. The first-order chi connectivity index (χ1) is 8.39. The third-order valence-electron chi connectivity index (χ3n) is 4.00. The van der Waals surface area contributed by atoms with Crippen LogP contribution < -0.4 is 5.73 Å². The van der Waals surface area contributed by atoms with Crippen LogP contribution in [0.5, 0.6) is 0 Å². The molecule has 0 heterocycles. The molecule has 2 rings (SSSR count). The number of hydrogen-bond acceptors (Lipinski definition) is 1. The first kappa shape index (κ1) is 13.8. The summed E-state index contributed by atoms with van der Waals surface area (Å²) in [6.45, 7) is 1.40. The van der Waals surface area contributed by atoms with Gasteiger partial charge >= 0.3 is 0 Å². The molecule has 0 saturated heterocycles. The predicted molar refractivity (Wildman–Crippen MR) is 70.2 cm³/mol. The van der Waals surface area contributed by atoms with Crippen LogP contribution in [0.3, 0.4) is 0 Å². The molecule has 1 aromatic carbocycles. The molecule has 100 valence electrons. The highest BCUT2D eigenvalue weighted by atomic mass is 35.5. The maximum atomic E-state index is 13.2. The maximum absolute atomic E-state index is 13.2. The van der Waals surface area contributed by atoms with Crippen LogP contribution in [0.25, 0.3) is 0 Å². The Morgan fingerprint density at radius 2 is 1.94 bits per heavy atom. The van der Waals surface area contributed by atoms with E-state index in [0.717, 1.165) is 38.2 Å². The molecule has 0 aliphatic heterocycles. The molecular formula is C14H18ClF2N. The summed E-state index contributed by atoms with van der Waals surface area (Å²) in [6, 6.07) is 4.58. The Morgan fingerprint density at radius 3 is 2.39 bits per heavy atom. The molecule has 1 aromatic rings. The fraction of sp³-hybridized carbons (Fsp3) is 0.571. The van der Waals surface area contributed by atoms with Gasteiger partial charge in [-0.25, -0.2) is 8.78 Å². The number of alkyl halides is 2. The molecule has 2 N–H and O–H groups in total. The highest BCUT2D eigenvalue weighted by Crippen LogP contribution is 2.44. The predicted octanol–water partition coefficient (Wildman–Crippen LogP) is 4.22. The average Bonchev–Trinajstić information content (AvgIpc) is 2.77. The van der Waals surface area contributed by atoms with E-state index in [2.05, 4.69) is 0 Å². The summed E-state index contributed by atoms with van der Waals surface area (Å²) in [7, 11) is 0. The summed E-state index contributed by atoms with van der Waals surface area (Å²) in [6.07, 6.45) is 4.23. The Hall–Kier alpha value is -0.670. The Labute approximate surface area is 111 Å². The maximum Gasteiger partial charge on any atom is 0.270 e. The minimum Gasteiger partial charge on any atom is -0.330 e. The highest BCUT2D eigenvalue weighted by molar-refractivity contribution is 6.31. The smallest absolute Gasteiger partial charge is 0.270 e. The minimum atomic E-state index is -2.85. The zero-order valence-corrected chi connectivity index (χ0v) is 11.2. The lowest BCUT2D eigenvalue weighted by atomic mass is 9.78. The van der Waals surface area contributed by atoms with Crippen LogP contribution in [0.15, 0.2) is 18.2 Å². The normalized spacial score (nSPS) is 19.2. The Balaban J connectivity index is 2.41. The van der Waals surface area contributed by atoms with Gasteiger partial charge in [0.25, 0.3) is 5.92 Å². The lowest BCUT2D eigenvalue weighted by molar-refractivity contribution is 0.0174. The highest BCUT2D eigenvalue weighted by Gasteiger charge is 2.36. The zero-order chi connectivity index (χ0) is 13.4. The van der Waals surface area contributed by atoms with Crippen molar-refractivity contribution in [3.05, 3.63) is 34.3 Å². The Morgan fingerprint density at radius 1 is 1.33 bits per heavy atom. The summed E-state index contributed by atoms with van der Waals surface area (Å²) in [5.41, 5.74) is 6.66. The Kier molecular flexibility index (Phi) is 3.65. The van der Waals surface area contributed by atoms with Crippen molar-refractivity contribution in [2.75, 3.05) is 6.54 Å². The van der Waals surface area contributed by atoms with Gasteiger partial charge in [-0.15, -0.1) is 0 Å². The molecule has 18 heavy (non-hydrogen) atoms. The molecular weight excluding hydrogens is 256 g/mol. The summed E-state index contributed by atoms with van der Waals surface area (Å²) in [5, 5.41) is 0.418. The van der Waals surface area contributed by atoms with Gasteiger partial charge in [-0.3, -0.25) is 0 Å². The van der Waals surface area contributed by atoms with Crippen LogP contribution in [-0.4, -0.2) is 6.54 Å². The fourth-order valence-electron chi connectivity index (χ4n) is 2.85. The lowest BCUT2D eigenvalue weighted by Crippen LogP contribution is -2.32. The third-order valence-corrected chi connectivity index (χ3v) is 4.31. The van der Waals surface area contributed by atoms with Gasteiger partial charge in [-0.1, -0.05) is 36.6 Å². The van der Waals surface area contributed by atoms with Gasteiger partial charge < -0.3 is 5.73 Å². The monoisotopic (exact) mass is 273 g/mol. The molecule has 1 nitrogen and oxygen atoms in total. The molecule has 0 spiro atoms. The summed E-state index contributed by atoms with van der Waals surface area (Å²) in [4.78, 5) is 0. The van der Waals surface area contributed by atoms with Crippen molar-refractivity contribution >= 4 is 11.6 Å². The van der Waals surface area contributed by atoms with Crippen LogP contribution in [0.2, 0.25) is 5.02 Å². The number of hydrogen-bond donors (Lipinski definition) is 1. The van der Waals surface area contributed by atoms with E-state index in [9.17, 15) is 8.78 Å². The van der Waals surface area contributed by atoms with Crippen LogP contribution >= 0.6 is 11.6 Å². The molecule has 1 saturated carbocycles. The molecule has 0 aromatic heterocycles. The Bertz CT molecular complexity index is 434. The van der Waals surface area contributed by atoms with Crippen molar-refractivity contribution in [3.63, 3.8) is 0 Å². The van der Waals surface area contributed by atoms with Crippen molar-refractivity contribution in [1.29, 1.82) is 0 Å². The molecule has 0 amide bonds. The van der Waals surface area contributed by atoms with E-state index in [-0.39, 0.29) is 11.0 Å². The van der Waals surface area contributed by atoms with Gasteiger partial charge in [0.15, 0.2) is 0 Å². The van der Waals surface area contributed by atoms with E-state index in [1.807, 2.05) is 0 Å². The summed E-state index contributed by atoms with van der Waals surface area (Å²) in [5.74, 6) is -2.85. The second-order valence-electron chi connectivity index (χ2n) is 5.27. The van der Waals surface area contributed by atoms with Gasteiger partial charge in [0.1, 0.15) is 0 Å². The molecule has 1 aliphatic rings. The van der Waals surface area contributed by atoms with E-state index in [0.29, 0.717) is 11.6 Å². The minimum absolute atomic E-state index is 0.0404. The topological polar surface area (TPSA) is 26.0 Å². The van der Waals surface area contributed by atoms with Crippen molar-refractivity contribution in [2.45, 2.75) is 43.9 Å². The molecule has 0 atom stereocenters. The van der Waals surface area contributed by atoms with E-state index in [1.54, 1.807) is 6.07 Å². The van der Waals surface area contributed by atoms with Crippen LogP contribution in [0.1, 0.15) is 43.7 Å². The number of rotatable bonds is 3. The molecule has 1 aliphatic carbocycles. The molecule has 1 fully saturated rings. The number of benzene rings is 1. The first-order valence-electron chi connectivity index (χ1n) is 6.27. The van der Waals surface area contributed by atoms with Gasteiger partial charge in [-0.2, -0.15) is 0 Å². The van der Waals surface area contributed by atoms with E-state index >= 15 is 0 Å². The van der Waals surface area contributed by atoms with E-state index < -0.39 is 5.92 Å². The number of halogens is 3. The van der Waals surface area contributed by atoms with Crippen LogP contribution in [0, 0.1) is 0 Å². The van der Waals surface area contributed by atoms with Gasteiger partial charge in [0.2, 0.25) is 0 Å². The van der Waals surface area contributed by atoms with E-state index in [1.165, 1.54) is 12.1 Å². The molecule has 4 heteroatoms. The summed E-state index contributed by atoms with van der Waals surface area (Å²) >= 11 is 6.19. The van der Waals surface area contributed by atoms with Crippen molar-refractivity contribution in [2.24, 2.45) is 5.73 Å². The molecule has 0 unspecified atom stereocenters. The largest absolute Gasteiger partial charge is 0.330 e. The lowest BCUT2D eigenvalue weighted by Gasteiger charge is -2.29. The quantitative estimate of drug-likeness (QED) is 0.877. The standard InChI is InChI=1S/C14H18ClF2N/c1-13(16,17)10-4-5-11(12(15)8-10)14(9-18)6-2-3-7-14/h4-5,8H,2-3,6-7,9,18H2,1H3.